The molecule has 2 aromatic rings. The van der Waals surface area contributed by atoms with Gasteiger partial charge in [0.2, 0.25) is 0 Å². The molecule has 0 aliphatic carbocycles. The fourth-order valence-electron chi connectivity index (χ4n) is 3.07. The van der Waals surface area contributed by atoms with Crippen LogP contribution in [0, 0.1) is 10.1 Å². The Morgan fingerprint density at radius 3 is 2.67 bits per heavy atom. The lowest BCUT2D eigenvalue weighted by molar-refractivity contribution is -0.384. The Kier molecular flexibility index (Phi) is 7.13. The number of benzene rings is 1. The lowest BCUT2D eigenvalue weighted by Gasteiger charge is -2.22. The molecule has 172 valence electrons. The van der Waals surface area contributed by atoms with Crippen molar-refractivity contribution in [3.8, 4) is 17.1 Å². The van der Waals surface area contributed by atoms with Gasteiger partial charge in [-0.15, -0.1) is 0 Å². The maximum atomic E-state index is 12.8. The minimum absolute atomic E-state index is 0.0263. The third-order valence-electron chi connectivity index (χ3n) is 4.62. The van der Waals surface area contributed by atoms with E-state index in [-0.39, 0.29) is 38.4 Å². The molecular weight excluding hydrogens is 476 g/mol. The van der Waals surface area contributed by atoms with E-state index >= 15 is 0 Å². The fraction of sp³-hybridized carbons (Fsp3) is 0.200. The van der Waals surface area contributed by atoms with Crippen molar-refractivity contribution in [2.45, 2.75) is 18.9 Å². The largest absolute Gasteiger partial charge is 0.497 e. The molecule has 0 unspecified atom stereocenters. The smallest absolute Gasteiger partial charge is 0.326 e. The number of hydrogen-bond acceptors (Lipinski definition) is 9. The van der Waals surface area contributed by atoms with Crippen LogP contribution < -0.4 is 4.74 Å². The Morgan fingerprint density at radius 2 is 2.06 bits per heavy atom. The lowest BCUT2D eigenvalue weighted by Crippen LogP contribution is -2.44. The van der Waals surface area contributed by atoms with E-state index < -0.39 is 35.2 Å². The molecule has 1 aromatic heterocycles. The highest BCUT2D eigenvalue weighted by Crippen LogP contribution is 2.37. The van der Waals surface area contributed by atoms with E-state index in [0.717, 1.165) is 16.7 Å². The monoisotopic (exact) mass is 492 g/mol. The molecule has 2 heterocycles. The number of thiocarbonyl (C=S) groups is 1. The number of carbonyl (C=O) groups is 3. The van der Waals surface area contributed by atoms with Crippen molar-refractivity contribution in [1.82, 2.24) is 4.90 Å². The van der Waals surface area contributed by atoms with Gasteiger partial charge in [-0.25, -0.2) is 4.79 Å². The first-order valence-corrected chi connectivity index (χ1v) is 10.5. The molecule has 33 heavy (non-hydrogen) atoms. The van der Waals surface area contributed by atoms with E-state index in [0.29, 0.717) is 5.75 Å². The van der Waals surface area contributed by atoms with Gasteiger partial charge in [-0.2, -0.15) is 0 Å². The van der Waals surface area contributed by atoms with E-state index in [1.54, 1.807) is 6.07 Å². The first kappa shape index (κ1) is 23.9. The van der Waals surface area contributed by atoms with Gasteiger partial charge in [0.05, 0.1) is 28.6 Å². The van der Waals surface area contributed by atoms with Gasteiger partial charge in [-0.05, 0) is 30.7 Å². The number of carboxylic acids is 2. The Balaban J connectivity index is 1.88. The number of thioether (sulfide) groups is 1. The number of amides is 1. The highest BCUT2D eigenvalue weighted by molar-refractivity contribution is 8.26. The molecule has 1 aliphatic heterocycles. The molecule has 3 rings (SSSR count). The minimum atomic E-state index is -1.42. The molecule has 13 heteroatoms. The molecule has 2 N–H and O–H groups in total. The van der Waals surface area contributed by atoms with Crippen molar-refractivity contribution >= 4 is 57.9 Å². The molecule has 1 aliphatic rings. The fourth-order valence-corrected chi connectivity index (χ4v) is 4.41. The third kappa shape index (κ3) is 5.21. The zero-order valence-corrected chi connectivity index (χ0v) is 18.6. The first-order valence-electron chi connectivity index (χ1n) is 9.26. The summed E-state index contributed by atoms with van der Waals surface area (Å²) >= 11 is 5.98. The number of furan rings is 1. The highest BCUT2D eigenvalue weighted by atomic mass is 32.2. The summed E-state index contributed by atoms with van der Waals surface area (Å²) in [6.45, 7) is 0. The van der Waals surface area contributed by atoms with E-state index in [9.17, 15) is 29.6 Å². The third-order valence-corrected chi connectivity index (χ3v) is 5.95. The summed E-state index contributed by atoms with van der Waals surface area (Å²) in [6, 6.07) is 5.83. The second kappa shape index (κ2) is 9.83. The summed E-state index contributed by atoms with van der Waals surface area (Å²) < 4.78 is 10.6. The van der Waals surface area contributed by atoms with Gasteiger partial charge < -0.3 is 19.4 Å². The Bertz CT molecular complexity index is 1190. The van der Waals surface area contributed by atoms with Crippen molar-refractivity contribution in [3.05, 3.63) is 51.1 Å². The maximum absolute atomic E-state index is 12.8. The number of nitrogens with zero attached hydrogens (tertiary/aromatic N) is 2. The lowest BCUT2D eigenvalue weighted by atomic mass is 10.1. The topological polar surface area (TPSA) is 160 Å². The maximum Gasteiger partial charge on any atom is 0.326 e. The number of hydrogen-bond donors (Lipinski definition) is 2. The van der Waals surface area contributed by atoms with E-state index in [4.69, 9.17) is 26.5 Å². The van der Waals surface area contributed by atoms with E-state index in [1.165, 1.54) is 37.5 Å². The normalized spacial score (nSPS) is 15.7. The van der Waals surface area contributed by atoms with Crippen LogP contribution >= 0.6 is 24.0 Å². The molecule has 0 saturated carbocycles. The average molecular weight is 492 g/mol. The van der Waals surface area contributed by atoms with Crippen LogP contribution in [-0.4, -0.2) is 55.4 Å². The number of rotatable bonds is 9. The second-order valence-corrected chi connectivity index (χ2v) is 8.36. The molecule has 1 fully saturated rings. The summed E-state index contributed by atoms with van der Waals surface area (Å²) in [5.74, 6) is -2.60. The summed E-state index contributed by atoms with van der Waals surface area (Å²) in [5.41, 5.74) is -0.0306. The number of aliphatic carboxylic acids is 2. The van der Waals surface area contributed by atoms with Crippen LogP contribution in [0.4, 0.5) is 5.69 Å². The van der Waals surface area contributed by atoms with Crippen LogP contribution in [0.25, 0.3) is 17.4 Å². The Morgan fingerprint density at radius 1 is 1.33 bits per heavy atom. The molecule has 0 spiro atoms. The predicted octanol–water partition coefficient (Wildman–Crippen LogP) is 3.38. The van der Waals surface area contributed by atoms with Crippen molar-refractivity contribution < 1.29 is 38.7 Å². The molecule has 0 bridgehead atoms. The minimum Gasteiger partial charge on any atom is -0.497 e. The number of ether oxygens (including phenoxy) is 1. The number of nitro groups is 1. The van der Waals surface area contributed by atoms with Gasteiger partial charge in [0, 0.05) is 12.5 Å². The summed E-state index contributed by atoms with van der Waals surface area (Å²) in [7, 11) is 1.39. The van der Waals surface area contributed by atoms with E-state index in [1.807, 2.05) is 0 Å². The number of carbonyl (C=O) groups excluding carboxylic acids is 1. The van der Waals surface area contributed by atoms with Crippen LogP contribution in [-0.2, 0) is 14.4 Å². The molecule has 0 radical (unpaired) electrons. The summed E-state index contributed by atoms with van der Waals surface area (Å²) in [4.78, 5) is 47.0. The van der Waals surface area contributed by atoms with E-state index in [2.05, 4.69) is 0 Å². The van der Waals surface area contributed by atoms with Crippen LogP contribution in [0.5, 0.6) is 5.75 Å². The number of nitro benzene ring substituents is 1. The predicted molar refractivity (Wildman–Crippen MR) is 121 cm³/mol. The zero-order chi connectivity index (χ0) is 24.3. The molecule has 1 aromatic carbocycles. The standard InChI is InChI=1S/C20H16N2O9S2/c1-30-10-2-4-12(14(8-10)22(28)29)15-6-3-11(31-15)9-16-18(25)21(20(32)33-16)13(19(26)27)5-7-17(23)24/h2-4,6,8-9,13H,5,7H2,1H3,(H,23,24)(H,26,27)/b16-9-/t13-/m1/s1. The Labute approximate surface area is 195 Å². The van der Waals surface area contributed by atoms with Gasteiger partial charge in [0.25, 0.3) is 11.6 Å². The number of carboxylic acid groups (broad SMARTS) is 2. The quantitative estimate of drug-likeness (QED) is 0.228. The molecular formula is C20H16N2O9S2. The second-order valence-electron chi connectivity index (χ2n) is 6.68. The van der Waals surface area contributed by atoms with Gasteiger partial charge in [-0.3, -0.25) is 24.6 Å². The van der Waals surface area contributed by atoms with Gasteiger partial charge in [0.1, 0.15) is 27.6 Å². The van der Waals surface area contributed by atoms with Crippen LogP contribution in [0.15, 0.2) is 39.7 Å². The highest BCUT2D eigenvalue weighted by Gasteiger charge is 2.40. The zero-order valence-electron chi connectivity index (χ0n) is 16.9. The van der Waals surface area contributed by atoms with Crippen molar-refractivity contribution in [2.24, 2.45) is 0 Å². The Hall–Kier alpha value is -3.71. The van der Waals surface area contributed by atoms with Gasteiger partial charge >= 0.3 is 11.9 Å². The SMILES string of the molecule is COc1ccc(-c2ccc(/C=C3\SC(=S)N([C@H](CCC(=O)O)C(=O)O)C3=O)o2)c([N+](=O)[O-])c1. The summed E-state index contributed by atoms with van der Waals surface area (Å²) in [6.07, 6.45) is 0.583. The van der Waals surface area contributed by atoms with Crippen LogP contribution in [0.3, 0.4) is 0 Å². The number of methoxy groups -OCH3 is 1. The van der Waals surface area contributed by atoms with Crippen LogP contribution in [0.1, 0.15) is 18.6 Å². The van der Waals surface area contributed by atoms with Crippen molar-refractivity contribution in [3.63, 3.8) is 0 Å². The first-order chi connectivity index (χ1) is 15.6. The molecule has 11 nitrogen and oxygen atoms in total. The van der Waals surface area contributed by atoms with Gasteiger partial charge in [-0.1, -0.05) is 24.0 Å². The molecule has 1 saturated heterocycles. The summed E-state index contributed by atoms with van der Waals surface area (Å²) in [5, 5.41) is 29.7. The van der Waals surface area contributed by atoms with Crippen molar-refractivity contribution in [2.75, 3.05) is 7.11 Å². The molecule has 1 atom stereocenters. The van der Waals surface area contributed by atoms with Crippen molar-refractivity contribution in [1.29, 1.82) is 0 Å². The average Bonchev–Trinajstić information content (AvgIpc) is 3.32. The molecule has 1 amide bonds. The van der Waals surface area contributed by atoms with Crippen LogP contribution in [0.2, 0.25) is 0 Å². The van der Waals surface area contributed by atoms with Gasteiger partial charge in [0.15, 0.2) is 0 Å².